The maximum Gasteiger partial charge on any atom is 0.173 e. The molecule has 1 unspecified atom stereocenters. The molecular formula is C30H29BrIN2OP. The van der Waals surface area contributed by atoms with Crippen LogP contribution < -0.4 is 9.83 Å². The Hall–Kier alpha value is -2.08. The van der Waals surface area contributed by atoms with E-state index in [0.29, 0.717) is 0 Å². The molecule has 0 saturated heterocycles. The summed E-state index contributed by atoms with van der Waals surface area (Å²) in [4.78, 5) is 0. The van der Waals surface area contributed by atoms with Crippen LogP contribution in [0.15, 0.2) is 100 Å². The Balaban J connectivity index is 1.84. The van der Waals surface area contributed by atoms with E-state index >= 15 is 0 Å². The number of hydrogen-bond acceptors (Lipinski definition) is 2. The molecule has 36 heavy (non-hydrogen) atoms. The van der Waals surface area contributed by atoms with Gasteiger partial charge in [-0.2, -0.15) is 0 Å². The first-order valence-electron chi connectivity index (χ1n) is 12.1. The zero-order valence-electron chi connectivity index (χ0n) is 20.9. The first-order valence-corrected chi connectivity index (χ1v) is 15.6. The molecule has 0 N–H and O–H groups in total. The maximum atomic E-state index is 7.07. The van der Waals surface area contributed by atoms with E-state index in [1.807, 2.05) is 24.3 Å². The summed E-state index contributed by atoms with van der Waals surface area (Å²) >= 11 is 5.96. The average Bonchev–Trinajstić information content (AvgIpc) is 3.17. The Bertz CT molecular complexity index is 1620. The molecule has 4 aromatic carbocycles. The van der Waals surface area contributed by atoms with Gasteiger partial charge < -0.3 is 9.09 Å². The molecule has 0 amide bonds. The Kier molecular flexibility index (Phi) is 7.10. The molecule has 5 rings (SSSR count). The Labute approximate surface area is 235 Å². The number of benzene rings is 4. The van der Waals surface area contributed by atoms with Gasteiger partial charge >= 0.3 is 0 Å². The van der Waals surface area contributed by atoms with E-state index in [2.05, 4.69) is 138 Å². The number of aromatic nitrogens is 1. The van der Waals surface area contributed by atoms with Gasteiger partial charge in [0.05, 0.1) is 5.69 Å². The summed E-state index contributed by atoms with van der Waals surface area (Å²) in [5, 5.41) is 3.39. The summed E-state index contributed by atoms with van der Waals surface area (Å²) in [6.45, 7) is 9.86. The molecule has 1 aromatic heterocycles. The van der Waals surface area contributed by atoms with Crippen molar-refractivity contribution in [2.75, 3.05) is 0 Å². The lowest BCUT2D eigenvalue weighted by Crippen LogP contribution is -2.27. The highest BCUT2D eigenvalue weighted by Crippen LogP contribution is 2.62. The van der Waals surface area contributed by atoms with Crippen LogP contribution in [0.3, 0.4) is 0 Å². The molecule has 1 atom stereocenters. The summed E-state index contributed by atoms with van der Waals surface area (Å²) in [7, 11) is -2.60. The van der Waals surface area contributed by atoms with Crippen LogP contribution in [0.1, 0.15) is 27.7 Å². The fraction of sp³-hybridized carbons (Fsp3) is 0.200. The van der Waals surface area contributed by atoms with Gasteiger partial charge in [0.25, 0.3) is 0 Å². The highest BCUT2D eigenvalue weighted by Gasteiger charge is 2.39. The monoisotopic (exact) mass is 670 g/mol. The van der Waals surface area contributed by atoms with Crippen molar-refractivity contribution in [2.24, 2.45) is 4.74 Å². The van der Waals surface area contributed by atoms with Gasteiger partial charge in [-0.1, -0.05) is 61.0 Å². The van der Waals surface area contributed by atoms with Gasteiger partial charge in [-0.15, -0.1) is 0 Å². The van der Waals surface area contributed by atoms with Crippen LogP contribution in [-0.4, -0.2) is 9.72 Å². The highest BCUT2D eigenvalue weighted by atomic mass is 127. The molecule has 0 bridgehead atoms. The number of para-hydroxylation sites is 1. The molecule has 0 fully saturated rings. The zero-order valence-corrected chi connectivity index (χ0v) is 25.5. The van der Waals surface area contributed by atoms with Crippen molar-refractivity contribution in [3.05, 3.63) is 99.0 Å². The van der Waals surface area contributed by atoms with Crippen LogP contribution in [0.25, 0.3) is 21.8 Å². The minimum absolute atomic E-state index is 0.255. The third kappa shape index (κ3) is 4.66. The summed E-state index contributed by atoms with van der Waals surface area (Å²) in [6, 6.07) is 32.0. The summed E-state index contributed by atoms with van der Waals surface area (Å²) < 4.78 is 17.1. The largest absolute Gasteiger partial charge is 0.455 e. The predicted molar refractivity (Wildman–Crippen MR) is 167 cm³/mol. The zero-order chi connectivity index (χ0) is 25.5. The standard InChI is InChI=1S/C30H29BrIN2OP/c1-5-34-28-12-7-6-11-26(28)27-20-25(17-18-29(27)34)36(30(2,3)4,33-23-15-13-22(32)14-16-23)35-24-10-8-9-21(31)19-24/h6-20H,5H2,1-4H3. The smallest absolute Gasteiger partial charge is 0.173 e. The van der Waals surface area contributed by atoms with Gasteiger partial charge in [0, 0.05) is 46.9 Å². The number of halogens is 2. The van der Waals surface area contributed by atoms with Crippen molar-refractivity contribution in [3.8, 4) is 5.75 Å². The molecule has 0 radical (unpaired) electrons. The average molecular weight is 671 g/mol. The Morgan fingerprint density at radius 1 is 0.861 bits per heavy atom. The Morgan fingerprint density at radius 2 is 1.58 bits per heavy atom. The van der Waals surface area contributed by atoms with Crippen LogP contribution in [0.5, 0.6) is 5.75 Å². The minimum atomic E-state index is -2.60. The lowest BCUT2D eigenvalue weighted by molar-refractivity contribution is 0.571. The van der Waals surface area contributed by atoms with Gasteiger partial charge in [-0.3, -0.25) is 0 Å². The van der Waals surface area contributed by atoms with Gasteiger partial charge in [-0.25, -0.2) is 4.74 Å². The molecule has 3 nitrogen and oxygen atoms in total. The van der Waals surface area contributed by atoms with Gasteiger partial charge in [0.2, 0.25) is 0 Å². The van der Waals surface area contributed by atoms with Gasteiger partial charge in [-0.05, 0) is 96.2 Å². The SMILES string of the molecule is CCn1c2ccccc2c2cc(P(=Nc3ccc(I)cc3)(Oc3cccc(Br)c3)C(C)(C)C)ccc21. The molecular weight excluding hydrogens is 642 g/mol. The molecule has 1 heterocycles. The first kappa shape index (κ1) is 25.6. The van der Waals surface area contributed by atoms with Gasteiger partial charge in [0.15, 0.2) is 7.28 Å². The number of rotatable bonds is 5. The summed E-state index contributed by atoms with van der Waals surface area (Å²) in [5.74, 6) is 0.818. The topological polar surface area (TPSA) is 26.5 Å². The van der Waals surface area contributed by atoms with E-state index in [0.717, 1.165) is 27.8 Å². The van der Waals surface area contributed by atoms with Crippen molar-refractivity contribution < 1.29 is 4.52 Å². The second-order valence-electron chi connectivity index (χ2n) is 9.83. The fourth-order valence-electron chi connectivity index (χ4n) is 4.72. The lowest BCUT2D eigenvalue weighted by atomic mass is 10.1. The second-order valence-corrected chi connectivity index (χ2v) is 15.4. The van der Waals surface area contributed by atoms with Gasteiger partial charge in [0.1, 0.15) is 5.75 Å². The molecule has 0 aliphatic rings. The molecule has 0 spiro atoms. The summed E-state index contributed by atoms with van der Waals surface area (Å²) in [5.41, 5.74) is 3.44. The number of nitrogens with zero attached hydrogens (tertiary/aromatic N) is 2. The van der Waals surface area contributed by atoms with Crippen molar-refractivity contribution in [1.82, 2.24) is 4.57 Å². The quantitative estimate of drug-likeness (QED) is 0.135. The van der Waals surface area contributed by atoms with E-state index in [1.165, 1.54) is 25.4 Å². The third-order valence-corrected chi connectivity index (χ3v) is 11.4. The summed E-state index contributed by atoms with van der Waals surface area (Å²) in [6.07, 6.45) is 0. The van der Waals surface area contributed by atoms with Crippen LogP contribution in [0, 0.1) is 3.57 Å². The van der Waals surface area contributed by atoms with E-state index in [-0.39, 0.29) is 5.16 Å². The number of aryl methyl sites for hydroxylation is 1. The van der Waals surface area contributed by atoms with E-state index < -0.39 is 7.28 Å². The van der Waals surface area contributed by atoms with Crippen molar-refractivity contribution in [1.29, 1.82) is 0 Å². The molecule has 184 valence electrons. The minimum Gasteiger partial charge on any atom is -0.455 e. The molecule has 5 aromatic rings. The maximum absolute atomic E-state index is 7.07. The normalized spacial score (nSPS) is 13.6. The van der Waals surface area contributed by atoms with Crippen molar-refractivity contribution in [3.63, 3.8) is 0 Å². The van der Waals surface area contributed by atoms with Crippen LogP contribution >= 0.6 is 45.8 Å². The number of fused-ring (bicyclic) bond motifs is 3. The highest BCUT2D eigenvalue weighted by molar-refractivity contribution is 14.1. The molecule has 0 saturated carbocycles. The van der Waals surface area contributed by atoms with E-state index in [1.54, 1.807) is 0 Å². The first-order chi connectivity index (χ1) is 17.2. The van der Waals surface area contributed by atoms with E-state index in [4.69, 9.17) is 9.27 Å². The molecule has 0 aliphatic carbocycles. The molecule has 0 aliphatic heterocycles. The van der Waals surface area contributed by atoms with Crippen molar-refractivity contribution in [2.45, 2.75) is 39.4 Å². The van der Waals surface area contributed by atoms with Crippen LogP contribution in [-0.2, 0) is 6.54 Å². The second kappa shape index (κ2) is 10.00. The lowest BCUT2D eigenvalue weighted by Gasteiger charge is -2.37. The number of hydrogen-bond donors (Lipinski definition) is 0. The molecule has 6 heteroatoms. The third-order valence-electron chi connectivity index (χ3n) is 6.45. The van der Waals surface area contributed by atoms with Crippen molar-refractivity contribution >= 4 is 78.6 Å². The van der Waals surface area contributed by atoms with E-state index in [9.17, 15) is 0 Å². The van der Waals surface area contributed by atoms with Crippen LogP contribution in [0.2, 0.25) is 0 Å². The van der Waals surface area contributed by atoms with Crippen LogP contribution in [0.4, 0.5) is 5.69 Å². The Morgan fingerprint density at radius 3 is 2.28 bits per heavy atom. The fourth-order valence-corrected chi connectivity index (χ4v) is 8.53. The predicted octanol–water partition coefficient (Wildman–Crippen LogP) is 10.1.